The summed E-state index contributed by atoms with van der Waals surface area (Å²) in [6.07, 6.45) is 2.78. The van der Waals surface area contributed by atoms with E-state index in [4.69, 9.17) is 23.2 Å². The van der Waals surface area contributed by atoms with Crippen molar-refractivity contribution in [1.29, 1.82) is 0 Å². The van der Waals surface area contributed by atoms with E-state index in [2.05, 4.69) is 9.97 Å². The summed E-state index contributed by atoms with van der Waals surface area (Å²) in [5.41, 5.74) is -0.0414. The van der Waals surface area contributed by atoms with Gasteiger partial charge in [-0.2, -0.15) is 0 Å². The molecule has 0 spiro atoms. The summed E-state index contributed by atoms with van der Waals surface area (Å²) in [7, 11) is 0. The molecule has 2 heterocycles. The molecule has 2 aromatic carbocycles. The molecule has 0 radical (unpaired) electrons. The number of carbonyl (C=O) groups excluding carboxylic acids is 1. The van der Waals surface area contributed by atoms with Crippen LogP contribution < -0.4 is 10.5 Å². The van der Waals surface area contributed by atoms with E-state index >= 15 is 0 Å². The van der Waals surface area contributed by atoms with Crippen molar-refractivity contribution in [2.75, 3.05) is 4.90 Å². The van der Waals surface area contributed by atoms with Crippen LogP contribution >= 0.6 is 23.2 Å². The van der Waals surface area contributed by atoms with E-state index in [0.717, 1.165) is 6.07 Å². The summed E-state index contributed by atoms with van der Waals surface area (Å²) in [4.78, 5) is 33.1. The maximum Gasteiger partial charge on any atom is 0.261 e. The number of benzene rings is 2. The number of amides is 1. The summed E-state index contributed by atoms with van der Waals surface area (Å²) in [6.45, 7) is -0.129. The number of nitrogens with zero attached hydrogens (tertiary/aromatic N) is 2. The number of hydrogen-bond acceptors (Lipinski definition) is 3. The van der Waals surface area contributed by atoms with Gasteiger partial charge in [-0.05, 0) is 42.0 Å². The Morgan fingerprint density at radius 1 is 1.10 bits per heavy atom. The highest BCUT2D eigenvalue weighted by Gasteiger charge is 2.23. The Labute approximate surface area is 184 Å². The standard InChI is InChI=1S/C22H13Cl2F2N3O2/c23-13-2-1-3-14(9-13)29(22(31)16-10-27-7-6-17(16)24)11-12-8-19(30)28-21-15(12)4-5-18(25)20(21)26/h1-10H,11H2,(H,28,30). The molecule has 0 saturated heterocycles. The van der Waals surface area contributed by atoms with Crippen LogP contribution in [0.15, 0.2) is 65.7 Å². The second kappa shape index (κ2) is 8.45. The molecule has 31 heavy (non-hydrogen) atoms. The third kappa shape index (κ3) is 4.15. The van der Waals surface area contributed by atoms with Crippen molar-refractivity contribution in [3.63, 3.8) is 0 Å². The third-order valence-electron chi connectivity index (χ3n) is 4.69. The van der Waals surface area contributed by atoms with Crippen LogP contribution in [0, 0.1) is 11.6 Å². The zero-order valence-electron chi connectivity index (χ0n) is 15.7. The highest BCUT2D eigenvalue weighted by Crippen LogP contribution is 2.28. The van der Waals surface area contributed by atoms with Crippen molar-refractivity contribution >= 4 is 45.7 Å². The van der Waals surface area contributed by atoms with Crippen molar-refractivity contribution in [1.82, 2.24) is 9.97 Å². The number of carbonyl (C=O) groups is 1. The summed E-state index contributed by atoms with van der Waals surface area (Å²) in [5, 5.41) is 0.836. The molecule has 1 amide bonds. The monoisotopic (exact) mass is 459 g/mol. The Morgan fingerprint density at radius 3 is 2.65 bits per heavy atom. The molecular formula is C22H13Cl2F2N3O2. The van der Waals surface area contributed by atoms with Gasteiger partial charge in [-0.1, -0.05) is 29.3 Å². The van der Waals surface area contributed by atoms with Gasteiger partial charge in [-0.3, -0.25) is 14.6 Å². The average molecular weight is 460 g/mol. The number of aromatic amines is 1. The van der Waals surface area contributed by atoms with Gasteiger partial charge in [0.25, 0.3) is 5.91 Å². The lowest BCUT2D eigenvalue weighted by atomic mass is 10.1. The fourth-order valence-electron chi connectivity index (χ4n) is 3.24. The van der Waals surface area contributed by atoms with Gasteiger partial charge in [0.2, 0.25) is 5.56 Å². The average Bonchev–Trinajstić information content (AvgIpc) is 2.74. The van der Waals surface area contributed by atoms with Gasteiger partial charge in [0.15, 0.2) is 11.6 Å². The normalized spacial score (nSPS) is 11.0. The molecule has 0 unspecified atom stereocenters. The zero-order chi connectivity index (χ0) is 22.1. The Kier molecular flexibility index (Phi) is 5.71. The van der Waals surface area contributed by atoms with Gasteiger partial charge in [0, 0.05) is 34.6 Å². The first-order valence-electron chi connectivity index (χ1n) is 9.02. The second-order valence-corrected chi connectivity index (χ2v) is 7.51. The molecule has 5 nitrogen and oxygen atoms in total. The van der Waals surface area contributed by atoms with Crippen molar-refractivity contribution in [3.05, 3.63) is 104 Å². The molecule has 0 fully saturated rings. The molecule has 0 aliphatic rings. The van der Waals surface area contributed by atoms with E-state index in [1.165, 1.54) is 35.5 Å². The molecule has 0 aliphatic heterocycles. The number of halogens is 4. The highest BCUT2D eigenvalue weighted by atomic mass is 35.5. The molecule has 0 atom stereocenters. The van der Waals surface area contributed by atoms with Crippen LogP contribution in [0.5, 0.6) is 0 Å². The fraction of sp³-hybridized carbons (Fsp3) is 0.0455. The Bertz CT molecular complexity index is 1370. The molecule has 0 saturated carbocycles. The summed E-state index contributed by atoms with van der Waals surface area (Å²) >= 11 is 12.3. The van der Waals surface area contributed by atoms with E-state index in [1.807, 2.05) is 0 Å². The molecule has 0 bridgehead atoms. The lowest BCUT2D eigenvalue weighted by Gasteiger charge is -2.24. The van der Waals surface area contributed by atoms with Crippen LogP contribution in [0.1, 0.15) is 15.9 Å². The van der Waals surface area contributed by atoms with Crippen molar-refractivity contribution in [2.24, 2.45) is 0 Å². The van der Waals surface area contributed by atoms with Crippen LogP contribution in [0.25, 0.3) is 10.9 Å². The minimum Gasteiger partial charge on any atom is -0.319 e. The topological polar surface area (TPSA) is 66.1 Å². The quantitative estimate of drug-likeness (QED) is 0.446. The SMILES string of the molecule is O=C(c1cnccc1Cl)N(Cc1cc(=O)[nH]c2c(F)c(F)ccc12)c1cccc(Cl)c1. The van der Waals surface area contributed by atoms with E-state index < -0.39 is 23.1 Å². The number of anilines is 1. The number of hydrogen-bond donors (Lipinski definition) is 1. The first-order valence-corrected chi connectivity index (χ1v) is 9.77. The molecule has 2 aromatic heterocycles. The first-order chi connectivity index (χ1) is 14.8. The van der Waals surface area contributed by atoms with Gasteiger partial charge in [-0.15, -0.1) is 0 Å². The summed E-state index contributed by atoms with van der Waals surface area (Å²) < 4.78 is 28.0. The van der Waals surface area contributed by atoms with Crippen molar-refractivity contribution in [2.45, 2.75) is 6.54 Å². The van der Waals surface area contributed by atoms with Crippen LogP contribution in [0.2, 0.25) is 10.0 Å². The minimum atomic E-state index is -1.17. The molecule has 156 valence electrons. The summed E-state index contributed by atoms with van der Waals surface area (Å²) in [6, 6.07) is 11.5. The number of pyridine rings is 2. The van der Waals surface area contributed by atoms with Crippen LogP contribution in [-0.2, 0) is 6.54 Å². The van der Waals surface area contributed by atoms with Crippen LogP contribution in [-0.4, -0.2) is 15.9 Å². The van der Waals surface area contributed by atoms with E-state index in [0.29, 0.717) is 16.3 Å². The van der Waals surface area contributed by atoms with Crippen molar-refractivity contribution in [3.8, 4) is 0 Å². The molecule has 1 N–H and O–H groups in total. The maximum atomic E-state index is 14.3. The maximum absolute atomic E-state index is 14.3. The molecule has 9 heteroatoms. The van der Waals surface area contributed by atoms with Gasteiger partial charge < -0.3 is 9.88 Å². The summed E-state index contributed by atoms with van der Waals surface area (Å²) in [5.74, 6) is -2.77. The van der Waals surface area contributed by atoms with E-state index in [-0.39, 0.29) is 28.0 Å². The Morgan fingerprint density at radius 2 is 1.90 bits per heavy atom. The largest absolute Gasteiger partial charge is 0.319 e. The van der Waals surface area contributed by atoms with Gasteiger partial charge in [0.1, 0.15) is 0 Å². The lowest BCUT2D eigenvalue weighted by molar-refractivity contribution is 0.0985. The second-order valence-electron chi connectivity index (χ2n) is 6.67. The number of H-pyrrole nitrogens is 1. The lowest BCUT2D eigenvalue weighted by Crippen LogP contribution is -2.31. The van der Waals surface area contributed by atoms with E-state index in [1.54, 1.807) is 24.3 Å². The molecule has 0 aliphatic carbocycles. The Hall–Kier alpha value is -3.29. The Balaban J connectivity index is 1.88. The fourth-order valence-corrected chi connectivity index (χ4v) is 3.61. The minimum absolute atomic E-state index is 0.129. The molecule has 4 rings (SSSR count). The van der Waals surface area contributed by atoms with Gasteiger partial charge in [-0.25, -0.2) is 8.78 Å². The van der Waals surface area contributed by atoms with Gasteiger partial charge in [0.05, 0.1) is 22.6 Å². The predicted molar refractivity (Wildman–Crippen MR) is 116 cm³/mol. The number of aromatic nitrogens is 2. The first kappa shape index (κ1) is 21.0. The van der Waals surface area contributed by atoms with Gasteiger partial charge >= 0.3 is 0 Å². The number of fused-ring (bicyclic) bond motifs is 1. The van der Waals surface area contributed by atoms with Crippen LogP contribution in [0.4, 0.5) is 14.5 Å². The molecular weight excluding hydrogens is 447 g/mol. The van der Waals surface area contributed by atoms with Crippen molar-refractivity contribution < 1.29 is 13.6 Å². The zero-order valence-corrected chi connectivity index (χ0v) is 17.2. The third-order valence-corrected chi connectivity index (χ3v) is 5.25. The number of rotatable bonds is 4. The van der Waals surface area contributed by atoms with Crippen LogP contribution in [0.3, 0.4) is 0 Å². The molecule has 4 aromatic rings. The highest BCUT2D eigenvalue weighted by molar-refractivity contribution is 6.34. The predicted octanol–water partition coefficient (Wildman–Crippen LogP) is 5.36. The van der Waals surface area contributed by atoms with E-state index in [9.17, 15) is 18.4 Å². The number of nitrogens with one attached hydrogen (secondary N) is 1. The smallest absolute Gasteiger partial charge is 0.261 e.